The van der Waals surface area contributed by atoms with Gasteiger partial charge >= 0.3 is 6.09 Å². The standard InChI is InChI=1S/C13H18Cl2N2O4/c1-13(2,3)21-12(20)17-6-8(18)10(19)9-7(14)4-5-16-11(9)15/h4-5,8,10,18-19H,6H2,1-3H3,(H,17,20). The van der Waals surface area contributed by atoms with Gasteiger partial charge in [0, 0.05) is 18.3 Å². The van der Waals surface area contributed by atoms with Crippen molar-refractivity contribution in [3.63, 3.8) is 0 Å². The molecule has 1 aromatic rings. The molecule has 1 heterocycles. The van der Waals surface area contributed by atoms with Gasteiger partial charge in [-0.25, -0.2) is 9.78 Å². The zero-order chi connectivity index (χ0) is 16.2. The van der Waals surface area contributed by atoms with E-state index in [1.54, 1.807) is 20.8 Å². The molecule has 0 saturated heterocycles. The number of alkyl carbamates (subject to hydrolysis) is 1. The minimum absolute atomic E-state index is 0.00804. The predicted octanol–water partition coefficient (Wildman–Crippen LogP) is 2.31. The quantitative estimate of drug-likeness (QED) is 0.734. The molecule has 0 radical (unpaired) electrons. The Morgan fingerprint density at radius 1 is 1.43 bits per heavy atom. The molecule has 3 N–H and O–H groups in total. The first kappa shape index (κ1) is 18.0. The summed E-state index contributed by atoms with van der Waals surface area (Å²) >= 11 is 11.8. The number of aromatic nitrogens is 1. The monoisotopic (exact) mass is 336 g/mol. The van der Waals surface area contributed by atoms with Crippen LogP contribution in [-0.2, 0) is 4.74 Å². The van der Waals surface area contributed by atoms with Crippen LogP contribution in [0.4, 0.5) is 4.79 Å². The highest BCUT2D eigenvalue weighted by Gasteiger charge is 2.25. The van der Waals surface area contributed by atoms with Gasteiger partial charge in [-0.3, -0.25) is 0 Å². The van der Waals surface area contributed by atoms with Gasteiger partial charge in [-0.1, -0.05) is 23.2 Å². The minimum atomic E-state index is -1.38. The smallest absolute Gasteiger partial charge is 0.407 e. The number of carbonyl (C=O) groups excluding carboxylic acids is 1. The molecular formula is C13H18Cl2N2O4. The second-order valence-electron chi connectivity index (χ2n) is 5.39. The maximum Gasteiger partial charge on any atom is 0.407 e. The lowest BCUT2D eigenvalue weighted by Crippen LogP contribution is -2.39. The zero-order valence-electron chi connectivity index (χ0n) is 11.9. The summed E-state index contributed by atoms with van der Waals surface area (Å²) in [6.07, 6.45) is -2.01. The maximum atomic E-state index is 11.5. The zero-order valence-corrected chi connectivity index (χ0v) is 13.4. The molecule has 1 rings (SSSR count). The number of pyridine rings is 1. The van der Waals surface area contributed by atoms with Crippen LogP contribution in [0.5, 0.6) is 0 Å². The van der Waals surface area contributed by atoms with Crippen LogP contribution in [0.15, 0.2) is 12.3 Å². The van der Waals surface area contributed by atoms with Crippen molar-refractivity contribution < 1.29 is 19.7 Å². The van der Waals surface area contributed by atoms with Crippen molar-refractivity contribution >= 4 is 29.3 Å². The first-order valence-electron chi connectivity index (χ1n) is 6.24. The normalized spacial score (nSPS) is 14.4. The lowest BCUT2D eigenvalue weighted by atomic mass is 10.1. The Morgan fingerprint density at radius 2 is 2.05 bits per heavy atom. The van der Waals surface area contributed by atoms with Crippen molar-refractivity contribution in [1.29, 1.82) is 0 Å². The average molecular weight is 337 g/mol. The molecule has 0 bridgehead atoms. The highest BCUT2D eigenvalue weighted by Crippen LogP contribution is 2.30. The molecule has 0 spiro atoms. The fourth-order valence-electron chi connectivity index (χ4n) is 1.50. The second kappa shape index (κ2) is 7.26. The maximum absolute atomic E-state index is 11.5. The molecule has 0 saturated carbocycles. The van der Waals surface area contributed by atoms with Crippen molar-refractivity contribution in [3.8, 4) is 0 Å². The van der Waals surface area contributed by atoms with E-state index >= 15 is 0 Å². The Labute approximate surface area is 133 Å². The number of ether oxygens (including phenoxy) is 1. The minimum Gasteiger partial charge on any atom is -0.444 e. The van der Waals surface area contributed by atoms with E-state index < -0.39 is 23.9 Å². The fourth-order valence-corrected chi connectivity index (χ4v) is 2.07. The van der Waals surface area contributed by atoms with Gasteiger partial charge in [0.2, 0.25) is 0 Å². The lowest BCUT2D eigenvalue weighted by Gasteiger charge is -2.22. The number of hydrogen-bond acceptors (Lipinski definition) is 5. The Bertz CT molecular complexity index is 485. The molecule has 21 heavy (non-hydrogen) atoms. The van der Waals surface area contributed by atoms with Gasteiger partial charge in [-0.15, -0.1) is 0 Å². The van der Waals surface area contributed by atoms with Crippen LogP contribution < -0.4 is 5.32 Å². The van der Waals surface area contributed by atoms with E-state index in [-0.39, 0.29) is 22.3 Å². The van der Waals surface area contributed by atoms with Crippen LogP contribution in [-0.4, -0.2) is 39.5 Å². The van der Waals surface area contributed by atoms with E-state index in [1.165, 1.54) is 12.3 Å². The number of nitrogens with one attached hydrogen (secondary N) is 1. The number of halogens is 2. The van der Waals surface area contributed by atoms with Crippen LogP contribution in [0.2, 0.25) is 10.2 Å². The summed E-state index contributed by atoms with van der Waals surface area (Å²) in [5, 5.41) is 22.5. The van der Waals surface area contributed by atoms with E-state index in [0.717, 1.165) is 0 Å². The van der Waals surface area contributed by atoms with Gasteiger partial charge in [0.05, 0.1) is 5.02 Å². The Balaban J connectivity index is 2.63. The average Bonchev–Trinajstić information content (AvgIpc) is 2.33. The molecule has 118 valence electrons. The Morgan fingerprint density at radius 3 is 2.57 bits per heavy atom. The number of aliphatic hydroxyl groups excluding tert-OH is 2. The number of aliphatic hydroxyl groups is 2. The van der Waals surface area contributed by atoms with E-state index in [0.29, 0.717) is 0 Å². The van der Waals surface area contributed by atoms with Crippen LogP contribution in [0.25, 0.3) is 0 Å². The number of nitrogens with zero attached hydrogens (tertiary/aromatic N) is 1. The van der Waals surface area contributed by atoms with Gasteiger partial charge in [0.1, 0.15) is 23.0 Å². The SMILES string of the molecule is CC(C)(C)OC(=O)NCC(O)C(O)c1c(Cl)ccnc1Cl. The summed E-state index contributed by atoms with van der Waals surface area (Å²) in [5.74, 6) is 0. The molecule has 0 aliphatic heterocycles. The summed E-state index contributed by atoms with van der Waals surface area (Å²) in [6, 6.07) is 1.44. The van der Waals surface area contributed by atoms with Gasteiger partial charge in [-0.05, 0) is 26.8 Å². The van der Waals surface area contributed by atoms with Gasteiger partial charge < -0.3 is 20.3 Å². The molecule has 0 aromatic carbocycles. The number of carbonyl (C=O) groups is 1. The van der Waals surface area contributed by atoms with Crippen molar-refractivity contribution in [2.24, 2.45) is 0 Å². The molecule has 2 unspecified atom stereocenters. The highest BCUT2D eigenvalue weighted by atomic mass is 35.5. The summed E-state index contributed by atoms with van der Waals surface area (Å²) in [7, 11) is 0. The summed E-state index contributed by atoms with van der Waals surface area (Å²) in [5.41, 5.74) is -0.539. The Kier molecular flexibility index (Phi) is 6.22. The first-order valence-corrected chi connectivity index (χ1v) is 7.00. The van der Waals surface area contributed by atoms with Crippen molar-refractivity contribution in [2.45, 2.75) is 38.6 Å². The molecule has 2 atom stereocenters. The molecule has 0 aliphatic carbocycles. The number of rotatable bonds is 4. The largest absolute Gasteiger partial charge is 0.444 e. The van der Waals surface area contributed by atoms with E-state index in [1.807, 2.05) is 0 Å². The molecular weight excluding hydrogens is 319 g/mol. The number of hydrogen-bond donors (Lipinski definition) is 3. The molecule has 1 amide bonds. The summed E-state index contributed by atoms with van der Waals surface area (Å²) < 4.78 is 5.01. The van der Waals surface area contributed by atoms with E-state index in [4.69, 9.17) is 27.9 Å². The molecule has 8 heteroatoms. The summed E-state index contributed by atoms with van der Waals surface area (Å²) in [4.78, 5) is 15.3. The van der Waals surface area contributed by atoms with Crippen LogP contribution in [0.1, 0.15) is 32.4 Å². The Hall–Kier alpha value is -1.08. The third kappa shape index (κ3) is 5.67. The third-order valence-corrected chi connectivity index (χ3v) is 3.03. The molecule has 1 aromatic heterocycles. The van der Waals surface area contributed by atoms with E-state index in [2.05, 4.69) is 10.3 Å². The van der Waals surface area contributed by atoms with E-state index in [9.17, 15) is 15.0 Å². The van der Waals surface area contributed by atoms with Crippen LogP contribution in [0.3, 0.4) is 0 Å². The van der Waals surface area contributed by atoms with Gasteiger partial charge in [0.25, 0.3) is 0 Å². The highest BCUT2D eigenvalue weighted by molar-refractivity contribution is 6.35. The predicted molar refractivity (Wildman–Crippen MR) is 79.5 cm³/mol. The number of amides is 1. The first-order chi connectivity index (χ1) is 9.61. The third-order valence-electron chi connectivity index (χ3n) is 2.40. The topological polar surface area (TPSA) is 91.7 Å². The van der Waals surface area contributed by atoms with Crippen molar-refractivity contribution in [1.82, 2.24) is 10.3 Å². The van der Waals surface area contributed by atoms with Gasteiger partial charge in [0.15, 0.2) is 0 Å². The lowest BCUT2D eigenvalue weighted by molar-refractivity contribution is 0.0129. The van der Waals surface area contributed by atoms with Crippen molar-refractivity contribution in [3.05, 3.63) is 28.0 Å². The van der Waals surface area contributed by atoms with Crippen molar-refractivity contribution in [2.75, 3.05) is 6.54 Å². The summed E-state index contributed by atoms with van der Waals surface area (Å²) in [6.45, 7) is 4.92. The van der Waals surface area contributed by atoms with Gasteiger partial charge in [-0.2, -0.15) is 0 Å². The molecule has 0 aliphatic rings. The molecule has 6 nitrogen and oxygen atoms in total. The molecule has 0 fully saturated rings. The van der Waals surface area contributed by atoms with Crippen LogP contribution >= 0.6 is 23.2 Å². The fraction of sp³-hybridized carbons (Fsp3) is 0.538. The second-order valence-corrected chi connectivity index (χ2v) is 6.16. The van der Waals surface area contributed by atoms with Crippen LogP contribution in [0, 0.1) is 0 Å².